The molecule has 42 heavy (non-hydrogen) atoms. The summed E-state index contributed by atoms with van der Waals surface area (Å²) in [7, 11) is 3.33. The maximum absolute atomic E-state index is 11.8. The number of nitrogens with two attached hydrogens (primary N) is 2. The highest BCUT2D eigenvalue weighted by atomic mass is 33.1. The van der Waals surface area contributed by atoms with Crippen molar-refractivity contribution < 1.29 is 28.9 Å². The monoisotopic (exact) mass is 622 g/mol. The van der Waals surface area contributed by atoms with Gasteiger partial charge in [-0.1, -0.05) is 21.6 Å². The molecule has 0 unspecified atom stereocenters. The van der Waals surface area contributed by atoms with Crippen LogP contribution in [-0.2, 0) is 22.7 Å². The lowest BCUT2D eigenvalue weighted by Gasteiger charge is -2.07. The van der Waals surface area contributed by atoms with Crippen LogP contribution in [0.5, 0.6) is 0 Å². The molecule has 0 bridgehead atoms. The number of aliphatic imine (C=N–C) groups is 2. The van der Waals surface area contributed by atoms with E-state index in [2.05, 4.69) is 20.6 Å². The van der Waals surface area contributed by atoms with Gasteiger partial charge in [-0.25, -0.2) is 9.59 Å². The van der Waals surface area contributed by atoms with Gasteiger partial charge in [0.15, 0.2) is 11.9 Å². The average Bonchev–Trinajstić information content (AvgIpc) is 2.96. The summed E-state index contributed by atoms with van der Waals surface area (Å²) in [6.07, 6.45) is -0.208. The van der Waals surface area contributed by atoms with E-state index in [0.717, 1.165) is 24.3 Å². The van der Waals surface area contributed by atoms with Gasteiger partial charge in [-0.2, -0.15) is 0 Å². The van der Waals surface area contributed by atoms with Gasteiger partial charge in [0.05, 0.1) is 9.85 Å². The third-order valence-electron chi connectivity index (χ3n) is 4.95. The molecule has 0 fully saturated rings. The minimum atomic E-state index is -0.873. The summed E-state index contributed by atoms with van der Waals surface area (Å²) in [5.74, 6) is 1.52. The summed E-state index contributed by atoms with van der Waals surface area (Å²) >= 11 is 0. The summed E-state index contributed by atoms with van der Waals surface area (Å²) in [6.45, 7) is 0.838. The first kappa shape index (κ1) is 33.6. The van der Waals surface area contributed by atoms with Gasteiger partial charge in [0.2, 0.25) is 0 Å². The van der Waals surface area contributed by atoms with Crippen LogP contribution in [0.4, 0.5) is 21.0 Å². The molecular weight excluding hydrogens is 592 g/mol. The second kappa shape index (κ2) is 18.7. The number of guanidine groups is 2. The lowest BCUT2D eigenvalue weighted by Crippen LogP contribution is -2.33. The van der Waals surface area contributed by atoms with Gasteiger partial charge in [0, 0.05) is 48.9 Å². The van der Waals surface area contributed by atoms with Crippen molar-refractivity contribution in [2.24, 2.45) is 21.5 Å². The van der Waals surface area contributed by atoms with Crippen molar-refractivity contribution in [1.29, 1.82) is 0 Å². The van der Waals surface area contributed by atoms with E-state index in [-0.39, 0.29) is 36.5 Å². The number of non-ortho nitro benzene ring substituents is 2. The van der Waals surface area contributed by atoms with Crippen LogP contribution in [0, 0.1) is 20.2 Å². The summed E-state index contributed by atoms with van der Waals surface area (Å²) in [6, 6.07) is 11.2. The number of nitro benzene ring substituents is 2. The summed E-state index contributed by atoms with van der Waals surface area (Å²) in [5, 5.41) is 27.0. The zero-order valence-electron chi connectivity index (χ0n) is 22.3. The maximum atomic E-state index is 11.8. The Bertz CT molecular complexity index is 1160. The molecule has 0 saturated heterocycles. The molecule has 0 aromatic heterocycles. The topological polar surface area (TPSA) is 240 Å². The molecule has 0 aliphatic rings. The van der Waals surface area contributed by atoms with Gasteiger partial charge in [0.1, 0.15) is 13.2 Å². The third kappa shape index (κ3) is 14.2. The van der Waals surface area contributed by atoms with Crippen molar-refractivity contribution in [1.82, 2.24) is 10.6 Å². The Balaban J connectivity index is 1.47. The van der Waals surface area contributed by atoms with Crippen molar-refractivity contribution in [3.05, 3.63) is 79.9 Å². The molecule has 0 atom stereocenters. The molecule has 2 amide bonds. The van der Waals surface area contributed by atoms with Crippen LogP contribution in [0.1, 0.15) is 24.0 Å². The zero-order valence-corrected chi connectivity index (χ0v) is 23.9. The van der Waals surface area contributed by atoms with E-state index >= 15 is 0 Å². The minimum absolute atomic E-state index is 0.0570. The van der Waals surface area contributed by atoms with Crippen LogP contribution in [0.2, 0.25) is 0 Å². The molecule has 0 aliphatic heterocycles. The predicted molar refractivity (Wildman–Crippen MR) is 160 cm³/mol. The van der Waals surface area contributed by atoms with Crippen molar-refractivity contribution in [3.63, 3.8) is 0 Å². The van der Waals surface area contributed by atoms with Crippen LogP contribution in [0.25, 0.3) is 0 Å². The number of carbonyl (C=O) groups is 2. The van der Waals surface area contributed by atoms with Crippen LogP contribution in [0.15, 0.2) is 58.5 Å². The Kier molecular flexibility index (Phi) is 15.0. The molecular formula is C24H30N8O8S2. The van der Waals surface area contributed by atoms with Gasteiger partial charge in [-0.3, -0.25) is 20.2 Å². The molecule has 0 saturated carbocycles. The maximum Gasteiger partial charge on any atom is 0.437 e. The molecule has 18 heteroatoms. The SMILES string of the molecule is NC(=NC(=O)OCc1ccc([N+](=O)[O-])cc1)NCCCSSCCCNC(N)=NC(=O)OCc1ccc([N+](=O)[O-])cc1. The number of benzene rings is 2. The van der Waals surface area contributed by atoms with Crippen molar-refractivity contribution in [2.75, 3.05) is 24.6 Å². The molecule has 0 spiro atoms. The number of nitrogens with zero attached hydrogens (tertiary/aromatic N) is 4. The van der Waals surface area contributed by atoms with E-state index in [1.807, 2.05) is 0 Å². The van der Waals surface area contributed by atoms with Crippen molar-refractivity contribution in [3.8, 4) is 0 Å². The lowest BCUT2D eigenvalue weighted by atomic mass is 10.2. The number of hydrogen-bond donors (Lipinski definition) is 4. The predicted octanol–water partition coefficient (Wildman–Crippen LogP) is 3.45. The van der Waals surface area contributed by atoms with Crippen LogP contribution in [0.3, 0.4) is 0 Å². The smallest absolute Gasteiger partial charge is 0.437 e. The Morgan fingerprint density at radius 3 is 1.40 bits per heavy atom. The molecule has 2 aromatic rings. The highest BCUT2D eigenvalue weighted by Gasteiger charge is 2.08. The number of carbonyl (C=O) groups excluding carboxylic acids is 2. The van der Waals surface area contributed by atoms with E-state index in [9.17, 15) is 29.8 Å². The first-order valence-corrected chi connectivity index (χ1v) is 14.8. The number of ether oxygens (including phenoxy) is 2. The molecule has 2 aromatic carbocycles. The van der Waals surface area contributed by atoms with Gasteiger partial charge < -0.3 is 31.6 Å². The van der Waals surface area contributed by atoms with E-state index in [1.165, 1.54) is 48.5 Å². The first-order valence-electron chi connectivity index (χ1n) is 12.3. The number of rotatable bonds is 15. The Morgan fingerprint density at radius 1 is 0.714 bits per heavy atom. The summed E-state index contributed by atoms with van der Waals surface area (Å²) in [5.41, 5.74) is 12.4. The molecule has 226 valence electrons. The van der Waals surface area contributed by atoms with Crippen LogP contribution >= 0.6 is 21.6 Å². The van der Waals surface area contributed by atoms with Gasteiger partial charge >= 0.3 is 12.2 Å². The molecule has 6 N–H and O–H groups in total. The van der Waals surface area contributed by atoms with E-state index < -0.39 is 22.0 Å². The second-order valence-electron chi connectivity index (χ2n) is 8.15. The number of amides is 2. The first-order chi connectivity index (χ1) is 20.1. The molecule has 16 nitrogen and oxygen atoms in total. The van der Waals surface area contributed by atoms with Crippen LogP contribution < -0.4 is 22.1 Å². The van der Waals surface area contributed by atoms with Crippen molar-refractivity contribution in [2.45, 2.75) is 26.1 Å². The fourth-order valence-electron chi connectivity index (χ4n) is 2.87. The fraction of sp³-hybridized carbons (Fsp3) is 0.333. The number of hydrogen-bond acceptors (Lipinski definition) is 10. The second-order valence-corrected chi connectivity index (χ2v) is 10.9. The van der Waals surface area contributed by atoms with Crippen LogP contribution in [-0.4, -0.2) is 58.5 Å². The zero-order chi connectivity index (χ0) is 30.7. The Labute approximate surface area is 248 Å². The lowest BCUT2D eigenvalue weighted by molar-refractivity contribution is -0.385. The van der Waals surface area contributed by atoms with Gasteiger partial charge in [-0.15, -0.1) is 9.98 Å². The van der Waals surface area contributed by atoms with E-state index in [4.69, 9.17) is 20.9 Å². The highest BCUT2D eigenvalue weighted by molar-refractivity contribution is 8.76. The Hall–Kier alpha value is -4.58. The highest BCUT2D eigenvalue weighted by Crippen LogP contribution is 2.22. The quantitative estimate of drug-likeness (QED) is 0.0555. The normalized spacial score (nSPS) is 11.4. The van der Waals surface area contributed by atoms with Gasteiger partial charge in [0.25, 0.3) is 11.4 Å². The molecule has 0 radical (unpaired) electrons. The minimum Gasteiger partial charge on any atom is -0.443 e. The molecule has 2 rings (SSSR count). The number of nitrogens with one attached hydrogen (secondary N) is 2. The number of nitro groups is 2. The third-order valence-corrected chi connectivity index (χ3v) is 7.52. The molecule has 0 heterocycles. The Morgan fingerprint density at radius 2 is 1.07 bits per heavy atom. The van der Waals surface area contributed by atoms with E-state index in [1.54, 1.807) is 21.6 Å². The standard InChI is InChI=1S/C24H30N8O8S2/c25-21(29-23(33)39-15-17-3-7-19(8-4-17)31(35)36)27-11-1-13-41-42-14-2-12-28-22(26)30-24(34)40-16-18-5-9-20(10-6-18)32(37)38/h3-10H,1-2,11-16H2,(H3,25,27,29,33)(H3,26,28,30,34). The molecule has 0 aliphatic carbocycles. The fourth-order valence-corrected chi connectivity index (χ4v) is 5.05. The van der Waals surface area contributed by atoms with E-state index in [0.29, 0.717) is 24.2 Å². The largest absolute Gasteiger partial charge is 0.443 e. The van der Waals surface area contributed by atoms with Gasteiger partial charge in [-0.05, 0) is 48.2 Å². The summed E-state index contributed by atoms with van der Waals surface area (Å²) < 4.78 is 9.95. The van der Waals surface area contributed by atoms with Crippen molar-refractivity contribution >= 4 is 57.1 Å². The average molecular weight is 623 g/mol. The summed E-state index contributed by atoms with van der Waals surface area (Å²) in [4.78, 5) is 51.0.